The van der Waals surface area contributed by atoms with Crippen molar-refractivity contribution in [2.45, 2.75) is 82.3 Å². The van der Waals surface area contributed by atoms with Crippen LogP contribution in [-0.2, 0) is 21.4 Å². The van der Waals surface area contributed by atoms with Gasteiger partial charge in [0.05, 0.1) is 6.33 Å². The molecule has 27 heavy (non-hydrogen) atoms. The molecule has 0 aromatic carbocycles. The molecule has 1 aromatic heterocycles. The largest absolute Gasteiger partial charge is 0.352 e. The Bertz CT molecular complexity index is 715. The first-order valence-electron chi connectivity index (χ1n) is 10.3. The van der Waals surface area contributed by atoms with E-state index >= 15 is 0 Å². The lowest BCUT2D eigenvalue weighted by atomic mass is 9.97. The minimum absolute atomic E-state index is 0.0378. The van der Waals surface area contributed by atoms with Crippen LogP contribution in [0.4, 0.5) is 0 Å². The van der Waals surface area contributed by atoms with Crippen molar-refractivity contribution in [3.63, 3.8) is 0 Å². The van der Waals surface area contributed by atoms with Gasteiger partial charge in [0.25, 0.3) is 10.0 Å². The molecule has 2 aliphatic rings. The molecule has 1 aromatic rings. The van der Waals surface area contributed by atoms with E-state index in [4.69, 9.17) is 0 Å². The maximum atomic E-state index is 12.7. The Labute approximate surface area is 162 Å². The van der Waals surface area contributed by atoms with Gasteiger partial charge in [-0.25, -0.2) is 13.4 Å². The molecule has 1 amide bonds. The van der Waals surface area contributed by atoms with Crippen molar-refractivity contribution < 1.29 is 13.2 Å². The molecule has 0 bridgehead atoms. The molecule has 0 unspecified atom stereocenters. The standard InChI is InChI=1S/C19H32N4O3S/c1-16-9-11-23(12-10-16)27(25,26)19-14-22(15-20-19)13-18(24)21-17-7-5-3-2-4-6-8-17/h14-17H,2-13H2,1H3,(H,21,24). The Morgan fingerprint density at radius 3 is 2.41 bits per heavy atom. The molecule has 2 fully saturated rings. The molecule has 0 atom stereocenters. The number of aromatic nitrogens is 2. The predicted octanol–water partition coefficient (Wildman–Crippen LogP) is 2.53. The van der Waals surface area contributed by atoms with Crippen molar-refractivity contribution in [2.24, 2.45) is 5.92 Å². The number of sulfonamides is 1. The van der Waals surface area contributed by atoms with Gasteiger partial charge in [-0.1, -0.05) is 39.0 Å². The van der Waals surface area contributed by atoms with Crippen LogP contribution in [0.3, 0.4) is 0 Å². The second kappa shape index (κ2) is 9.19. The summed E-state index contributed by atoms with van der Waals surface area (Å²) in [6.45, 7) is 3.33. The van der Waals surface area contributed by atoms with E-state index in [1.807, 2.05) is 0 Å². The van der Waals surface area contributed by atoms with Crippen molar-refractivity contribution in [2.75, 3.05) is 13.1 Å². The minimum atomic E-state index is -3.57. The first-order valence-corrected chi connectivity index (χ1v) is 11.7. The summed E-state index contributed by atoms with van der Waals surface area (Å²) in [6.07, 6.45) is 12.8. The Morgan fingerprint density at radius 1 is 1.11 bits per heavy atom. The molecule has 152 valence electrons. The van der Waals surface area contributed by atoms with Crippen LogP contribution in [0.2, 0.25) is 0 Å². The van der Waals surface area contributed by atoms with Crippen molar-refractivity contribution in [1.82, 2.24) is 19.2 Å². The Morgan fingerprint density at radius 2 is 1.74 bits per heavy atom. The molecule has 1 aliphatic heterocycles. The van der Waals surface area contributed by atoms with E-state index in [0.717, 1.165) is 38.5 Å². The van der Waals surface area contributed by atoms with Crippen molar-refractivity contribution >= 4 is 15.9 Å². The number of piperidine rings is 1. The van der Waals surface area contributed by atoms with Gasteiger partial charge in [-0.05, 0) is 31.6 Å². The minimum Gasteiger partial charge on any atom is -0.352 e. The zero-order valence-electron chi connectivity index (χ0n) is 16.3. The summed E-state index contributed by atoms with van der Waals surface area (Å²) in [4.78, 5) is 16.4. The third-order valence-corrected chi connectivity index (χ3v) is 7.54. The number of rotatable bonds is 5. The van der Waals surface area contributed by atoms with Crippen molar-refractivity contribution in [3.05, 3.63) is 12.5 Å². The summed E-state index contributed by atoms with van der Waals surface area (Å²) in [5.74, 6) is 0.486. The average Bonchev–Trinajstić information content (AvgIpc) is 3.07. The fourth-order valence-corrected chi connectivity index (χ4v) is 5.36. The highest BCUT2D eigenvalue weighted by molar-refractivity contribution is 7.89. The maximum Gasteiger partial charge on any atom is 0.262 e. The second-order valence-electron chi connectivity index (χ2n) is 8.08. The molecule has 1 N–H and O–H groups in total. The van der Waals surface area contributed by atoms with Crippen LogP contribution in [0.1, 0.15) is 64.7 Å². The van der Waals surface area contributed by atoms with Crippen molar-refractivity contribution in [3.8, 4) is 0 Å². The summed E-state index contributed by atoms with van der Waals surface area (Å²) in [5.41, 5.74) is 0. The number of nitrogens with one attached hydrogen (secondary N) is 1. The zero-order chi connectivity index (χ0) is 19.3. The maximum absolute atomic E-state index is 12.7. The van der Waals surface area contributed by atoms with Crippen LogP contribution >= 0.6 is 0 Å². The molecule has 0 spiro atoms. The fraction of sp³-hybridized carbons (Fsp3) is 0.789. The van der Waals surface area contributed by atoms with E-state index < -0.39 is 10.0 Å². The molecule has 1 saturated carbocycles. The molecule has 3 rings (SSSR count). The SMILES string of the molecule is CC1CCN(S(=O)(=O)c2cn(CC(=O)NC3CCCCCCC3)cn2)CC1. The van der Waals surface area contributed by atoms with Gasteiger partial charge in [-0.3, -0.25) is 4.79 Å². The second-order valence-corrected chi connectivity index (χ2v) is 9.97. The predicted molar refractivity (Wildman–Crippen MR) is 104 cm³/mol. The van der Waals surface area contributed by atoms with Gasteiger partial charge in [-0.2, -0.15) is 4.31 Å². The highest BCUT2D eigenvalue weighted by Gasteiger charge is 2.30. The summed E-state index contributed by atoms with van der Waals surface area (Å²) >= 11 is 0. The zero-order valence-corrected chi connectivity index (χ0v) is 17.1. The number of hydrogen-bond donors (Lipinski definition) is 1. The summed E-state index contributed by atoms with van der Waals surface area (Å²) < 4.78 is 28.5. The topological polar surface area (TPSA) is 84.3 Å². The molecule has 2 heterocycles. The van der Waals surface area contributed by atoms with E-state index in [9.17, 15) is 13.2 Å². The monoisotopic (exact) mass is 396 g/mol. The highest BCUT2D eigenvalue weighted by Crippen LogP contribution is 2.22. The summed E-state index contributed by atoms with van der Waals surface area (Å²) in [5, 5.41) is 3.14. The van der Waals surface area contributed by atoms with Gasteiger partial charge < -0.3 is 9.88 Å². The van der Waals surface area contributed by atoms with Gasteiger partial charge in [-0.15, -0.1) is 0 Å². The van der Waals surface area contributed by atoms with Crippen LogP contribution < -0.4 is 5.32 Å². The highest BCUT2D eigenvalue weighted by atomic mass is 32.2. The number of imidazole rings is 1. The molecule has 1 saturated heterocycles. The van der Waals surface area contributed by atoms with Crippen LogP contribution in [0.25, 0.3) is 0 Å². The molecule has 0 radical (unpaired) electrons. The molecule has 7 nitrogen and oxygen atoms in total. The van der Waals surface area contributed by atoms with Gasteiger partial charge >= 0.3 is 0 Å². The third kappa shape index (κ3) is 5.54. The lowest BCUT2D eigenvalue weighted by molar-refractivity contribution is -0.122. The lowest BCUT2D eigenvalue weighted by Gasteiger charge is -2.28. The molecule has 8 heteroatoms. The molecular formula is C19H32N4O3S. The third-order valence-electron chi connectivity index (χ3n) is 5.75. The fourth-order valence-electron chi connectivity index (χ4n) is 3.96. The first-order chi connectivity index (χ1) is 12.9. The van der Waals surface area contributed by atoms with E-state index in [-0.39, 0.29) is 23.5 Å². The van der Waals surface area contributed by atoms with Crippen LogP contribution in [-0.4, -0.2) is 47.3 Å². The van der Waals surface area contributed by atoms with Gasteiger partial charge in [0.15, 0.2) is 5.03 Å². The van der Waals surface area contributed by atoms with E-state index in [0.29, 0.717) is 19.0 Å². The van der Waals surface area contributed by atoms with Crippen molar-refractivity contribution in [1.29, 1.82) is 0 Å². The Balaban J connectivity index is 1.56. The van der Waals surface area contributed by atoms with Gasteiger partial charge in [0.2, 0.25) is 5.91 Å². The van der Waals surface area contributed by atoms with Gasteiger partial charge in [0.1, 0.15) is 6.54 Å². The van der Waals surface area contributed by atoms with E-state index in [2.05, 4.69) is 17.2 Å². The van der Waals surface area contributed by atoms with Crippen LogP contribution in [0, 0.1) is 5.92 Å². The lowest BCUT2D eigenvalue weighted by Crippen LogP contribution is -2.38. The summed E-state index contributed by atoms with van der Waals surface area (Å²) in [7, 11) is -3.57. The van der Waals surface area contributed by atoms with E-state index in [1.165, 1.54) is 36.1 Å². The Kier molecular flexibility index (Phi) is 6.92. The van der Waals surface area contributed by atoms with Crippen LogP contribution in [0.15, 0.2) is 17.6 Å². The first kappa shape index (κ1) is 20.3. The number of carbonyl (C=O) groups is 1. The van der Waals surface area contributed by atoms with Gasteiger partial charge in [0, 0.05) is 25.3 Å². The smallest absolute Gasteiger partial charge is 0.262 e. The number of amides is 1. The average molecular weight is 397 g/mol. The number of hydrogen-bond acceptors (Lipinski definition) is 4. The Hall–Kier alpha value is -1.41. The molecular weight excluding hydrogens is 364 g/mol. The summed E-state index contributed by atoms with van der Waals surface area (Å²) in [6, 6.07) is 0.236. The molecule has 1 aliphatic carbocycles. The number of carbonyl (C=O) groups excluding carboxylic acids is 1. The van der Waals surface area contributed by atoms with E-state index in [1.54, 1.807) is 4.57 Å². The quantitative estimate of drug-likeness (QED) is 0.829. The number of nitrogens with zero attached hydrogens (tertiary/aromatic N) is 3. The van der Waals surface area contributed by atoms with Crippen LogP contribution in [0.5, 0.6) is 0 Å². The normalized spacial score (nSPS) is 21.5.